The van der Waals surface area contributed by atoms with Crippen molar-refractivity contribution in [2.75, 3.05) is 5.32 Å². The van der Waals surface area contributed by atoms with Crippen molar-refractivity contribution in [1.82, 2.24) is 15.2 Å². The van der Waals surface area contributed by atoms with Gasteiger partial charge in [0, 0.05) is 18.9 Å². The molecule has 0 amide bonds. The first-order valence-electron chi connectivity index (χ1n) is 6.21. The van der Waals surface area contributed by atoms with E-state index in [1.807, 2.05) is 13.0 Å². The summed E-state index contributed by atoms with van der Waals surface area (Å²) in [4.78, 5) is 15.4. The third-order valence-electron chi connectivity index (χ3n) is 3.25. The number of nitrogens with one attached hydrogen (secondary N) is 1. The molecule has 104 valence electrons. The summed E-state index contributed by atoms with van der Waals surface area (Å²) in [7, 11) is 0. The molecule has 0 aliphatic rings. The molecule has 0 unspecified atom stereocenters. The van der Waals surface area contributed by atoms with E-state index in [-0.39, 0.29) is 11.4 Å². The average Bonchev–Trinajstić information content (AvgIpc) is 2.41. The Morgan fingerprint density at radius 1 is 1.30 bits per heavy atom. The summed E-state index contributed by atoms with van der Waals surface area (Å²) in [5.41, 5.74) is 3.49. The quantitative estimate of drug-likeness (QED) is 0.886. The molecule has 6 heteroatoms. The molecule has 0 atom stereocenters. The van der Waals surface area contributed by atoms with Gasteiger partial charge in [0.25, 0.3) is 0 Å². The van der Waals surface area contributed by atoms with E-state index in [9.17, 15) is 9.90 Å². The van der Waals surface area contributed by atoms with E-state index in [4.69, 9.17) is 0 Å². The molecule has 2 N–H and O–H groups in total. The van der Waals surface area contributed by atoms with Gasteiger partial charge in [0.1, 0.15) is 5.56 Å². The molecule has 0 aliphatic carbocycles. The van der Waals surface area contributed by atoms with Crippen LogP contribution in [0.3, 0.4) is 0 Å². The lowest BCUT2D eigenvalue weighted by atomic mass is 10.1. The van der Waals surface area contributed by atoms with Crippen LogP contribution in [0.1, 0.15) is 32.7 Å². The molecule has 0 radical (unpaired) electrons. The van der Waals surface area contributed by atoms with Crippen LogP contribution in [-0.4, -0.2) is 26.3 Å². The minimum Gasteiger partial charge on any atom is -0.478 e. The summed E-state index contributed by atoms with van der Waals surface area (Å²) in [6.45, 7) is 5.90. The molecule has 0 aliphatic heterocycles. The Labute approximate surface area is 116 Å². The summed E-state index contributed by atoms with van der Waals surface area (Å²) in [5, 5.41) is 20.3. The van der Waals surface area contributed by atoms with Crippen LogP contribution in [-0.2, 0) is 6.54 Å². The Bertz CT molecular complexity index is 656. The van der Waals surface area contributed by atoms with Gasteiger partial charge in [-0.15, -0.1) is 5.10 Å². The highest BCUT2D eigenvalue weighted by Gasteiger charge is 2.17. The molecule has 2 heterocycles. The number of rotatable bonds is 4. The zero-order chi connectivity index (χ0) is 14.7. The van der Waals surface area contributed by atoms with Gasteiger partial charge in [0.05, 0.1) is 5.69 Å². The highest BCUT2D eigenvalue weighted by molar-refractivity contribution is 5.94. The van der Waals surface area contributed by atoms with E-state index >= 15 is 0 Å². The maximum absolute atomic E-state index is 11.4. The third-order valence-corrected chi connectivity index (χ3v) is 3.25. The van der Waals surface area contributed by atoms with Crippen molar-refractivity contribution in [3.8, 4) is 0 Å². The molecule has 0 saturated heterocycles. The highest BCUT2D eigenvalue weighted by atomic mass is 16.4. The highest BCUT2D eigenvalue weighted by Crippen LogP contribution is 2.19. The number of carboxylic acids is 1. The van der Waals surface area contributed by atoms with Crippen molar-refractivity contribution in [3.63, 3.8) is 0 Å². The first-order chi connectivity index (χ1) is 9.50. The number of hydrogen-bond donors (Lipinski definition) is 2. The van der Waals surface area contributed by atoms with Gasteiger partial charge < -0.3 is 10.4 Å². The van der Waals surface area contributed by atoms with Gasteiger partial charge in [-0.2, -0.15) is 5.10 Å². The van der Waals surface area contributed by atoms with Crippen molar-refractivity contribution in [1.29, 1.82) is 0 Å². The zero-order valence-corrected chi connectivity index (χ0v) is 11.6. The first-order valence-corrected chi connectivity index (χ1v) is 6.21. The van der Waals surface area contributed by atoms with Gasteiger partial charge >= 0.3 is 5.97 Å². The van der Waals surface area contributed by atoms with E-state index < -0.39 is 5.97 Å². The Morgan fingerprint density at radius 2 is 2.05 bits per heavy atom. The predicted octanol–water partition coefficient (Wildman–Crippen LogP) is 2.11. The zero-order valence-electron chi connectivity index (χ0n) is 11.6. The second-order valence-electron chi connectivity index (χ2n) is 4.59. The third kappa shape index (κ3) is 2.74. The standard InChI is InChI=1S/C14H16N4O2/c1-8-6-15-5-4-11(8)7-16-13-12(14(19)20)9(2)10(3)17-18-13/h4-6H,7H2,1-3H3,(H,16,18)(H,19,20). The van der Waals surface area contributed by atoms with Crippen molar-refractivity contribution in [3.05, 3.63) is 46.4 Å². The molecule has 0 aromatic carbocycles. The largest absolute Gasteiger partial charge is 0.478 e. The van der Waals surface area contributed by atoms with E-state index in [0.29, 0.717) is 17.8 Å². The van der Waals surface area contributed by atoms with Crippen molar-refractivity contribution < 1.29 is 9.90 Å². The molecule has 6 nitrogen and oxygen atoms in total. The SMILES string of the molecule is Cc1cnccc1CNc1nnc(C)c(C)c1C(=O)O. The fourth-order valence-electron chi connectivity index (χ4n) is 1.87. The lowest BCUT2D eigenvalue weighted by Gasteiger charge is -2.12. The normalized spacial score (nSPS) is 10.3. The summed E-state index contributed by atoms with van der Waals surface area (Å²) >= 11 is 0. The fraction of sp³-hybridized carbons (Fsp3) is 0.286. The minimum atomic E-state index is -1.01. The molecular weight excluding hydrogens is 256 g/mol. The van der Waals surface area contributed by atoms with Crippen molar-refractivity contribution in [2.45, 2.75) is 27.3 Å². The van der Waals surface area contributed by atoms with Gasteiger partial charge in [0.15, 0.2) is 5.82 Å². The number of hydrogen-bond acceptors (Lipinski definition) is 5. The Hall–Kier alpha value is -2.50. The van der Waals surface area contributed by atoms with Gasteiger partial charge in [0.2, 0.25) is 0 Å². The molecule has 20 heavy (non-hydrogen) atoms. The number of aryl methyl sites for hydroxylation is 2. The lowest BCUT2D eigenvalue weighted by Crippen LogP contribution is -2.13. The topological polar surface area (TPSA) is 88.0 Å². The van der Waals surface area contributed by atoms with Crippen molar-refractivity contribution >= 4 is 11.8 Å². The fourth-order valence-corrected chi connectivity index (χ4v) is 1.87. The Morgan fingerprint density at radius 3 is 2.70 bits per heavy atom. The number of anilines is 1. The monoisotopic (exact) mass is 272 g/mol. The Kier molecular flexibility index (Phi) is 3.93. The van der Waals surface area contributed by atoms with Crippen LogP contribution in [0, 0.1) is 20.8 Å². The van der Waals surface area contributed by atoms with Crippen LogP contribution in [0.2, 0.25) is 0 Å². The number of carbonyl (C=O) groups is 1. The number of aromatic nitrogens is 3. The van der Waals surface area contributed by atoms with Gasteiger partial charge in [-0.3, -0.25) is 4.98 Å². The lowest BCUT2D eigenvalue weighted by molar-refractivity contribution is 0.0696. The van der Waals surface area contributed by atoms with Gasteiger partial charge in [-0.05, 0) is 43.5 Å². The summed E-state index contributed by atoms with van der Waals surface area (Å²) in [6.07, 6.45) is 3.47. The summed E-state index contributed by atoms with van der Waals surface area (Å²) in [5.74, 6) is -0.716. The molecule has 2 rings (SSSR count). The average molecular weight is 272 g/mol. The summed E-state index contributed by atoms with van der Waals surface area (Å²) < 4.78 is 0. The smallest absolute Gasteiger partial charge is 0.339 e. The number of carboxylic acid groups (broad SMARTS) is 1. The second-order valence-corrected chi connectivity index (χ2v) is 4.59. The van der Waals surface area contributed by atoms with Gasteiger partial charge in [-0.1, -0.05) is 0 Å². The molecular formula is C14H16N4O2. The molecule has 0 saturated carbocycles. The van der Waals surface area contributed by atoms with Crippen LogP contribution < -0.4 is 5.32 Å². The molecule has 0 fully saturated rings. The van der Waals surface area contributed by atoms with Crippen molar-refractivity contribution in [2.24, 2.45) is 0 Å². The summed E-state index contributed by atoms with van der Waals surface area (Å²) in [6, 6.07) is 1.89. The van der Waals surface area contributed by atoms with Crippen LogP contribution >= 0.6 is 0 Å². The second kappa shape index (κ2) is 5.64. The van der Waals surface area contributed by atoms with Crippen LogP contribution in [0.5, 0.6) is 0 Å². The maximum Gasteiger partial charge on any atom is 0.339 e. The number of pyridine rings is 1. The number of aromatic carboxylic acids is 1. The van der Waals surface area contributed by atoms with E-state index in [2.05, 4.69) is 20.5 Å². The van der Waals surface area contributed by atoms with E-state index in [0.717, 1.165) is 11.1 Å². The van der Waals surface area contributed by atoms with E-state index in [1.54, 1.807) is 26.2 Å². The van der Waals surface area contributed by atoms with Crippen LogP contribution in [0.15, 0.2) is 18.5 Å². The van der Waals surface area contributed by atoms with Gasteiger partial charge in [-0.25, -0.2) is 4.79 Å². The van der Waals surface area contributed by atoms with E-state index in [1.165, 1.54) is 0 Å². The first kappa shape index (κ1) is 13.9. The molecule has 0 bridgehead atoms. The molecule has 0 spiro atoms. The van der Waals surface area contributed by atoms with Crippen LogP contribution in [0.25, 0.3) is 0 Å². The molecule has 2 aromatic heterocycles. The number of nitrogens with zero attached hydrogens (tertiary/aromatic N) is 3. The predicted molar refractivity (Wildman–Crippen MR) is 74.8 cm³/mol. The minimum absolute atomic E-state index is 0.171. The maximum atomic E-state index is 11.4. The van der Waals surface area contributed by atoms with Crippen LogP contribution in [0.4, 0.5) is 5.82 Å². The Balaban J connectivity index is 2.29. The molecule has 2 aromatic rings.